The second-order valence-electron chi connectivity index (χ2n) is 4.06. The number of phenolic OH excluding ortho intramolecular Hbond substituents is 1. The summed E-state index contributed by atoms with van der Waals surface area (Å²) in [5.41, 5.74) is 0.763. The summed E-state index contributed by atoms with van der Waals surface area (Å²) in [6.45, 7) is 0. The first-order valence-corrected chi connectivity index (χ1v) is 6.61. The van der Waals surface area contributed by atoms with Gasteiger partial charge >= 0.3 is 5.97 Å². The van der Waals surface area contributed by atoms with Crippen LogP contribution in [-0.4, -0.2) is 44.7 Å². The fraction of sp³-hybridized carbons (Fsp3) is 0.333. The molecule has 6 heteroatoms. The van der Waals surface area contributed by atoms with E-state index in [4.69, 9.17) is 10.2 Å². The minimum absolute atomic E-state index is 0.145. The van der Waals surface area contributed by atoms with Crippen molar-refractivity contribution in [1.29, 1.82) is 0 Å². The molecule has 0 saturated carbocycles. The molecule has 1 fully saturated rings. The highest BCUT2D eigenvalue weighted by Gasteiger charge is 2.34. The molecule has 1 heterocycles. The van der Waals surface area contributed by atoms with E-state index in [2.05, 4.69) is 0 Å². The van der Waals surface area contributed by atoms with Crippen molar-refractivity contribution in [2.24, 2.45) is 0 Å². The third-order valence-corrected chi connectivity index (χ3v) is 3.79. The van der Waals surface area contributed by atoms with Gasteiger partial charge in [0.15, 0.2) is 0 Å². The molecule has 1 atom stereocenters. The fourth-order valence-electron chi connectivity index (χ4n) is 1.78. The second-order valence-corrected chi connectivity index (χ2v) is 5.06. The quantitative estimate of drug-likeness (QED) is 0.851. The topological polar surface area (TPSA) is 77.8 Å². The molecule has 0 aromatic heterocycles. The third kappa shape index (κ3) is 2.76. The van der Waals surface area contributed by atoms with E-state index in [1.165, 1.54) is 28.8 Å². The molecule has 18 heavy (non-hydrogen) atoms. The van der Waals surface area contributed by atoms with Gasteiger partial charge in [-0.25, -0.2) is 4.79 Å². The van der Waals surface area contributed by atoms with E-state index >= 15 is 0 Å². The van der Waals surface area contributed by atoms with Crippen LogP contribution in [-0.2, 0) is 16.0 Å². The number of benzene rings is 1. The van der Waals surface area contributed by atoms with Crippen LogP contribution in [0.1, 0.15) is 5.56 Å². The number of amides is 1. The number of carbonyl (C=O) groups excluding carboxylic acids is 1. The maximum atomic E-state index is 12.0. The number of carbonyl (C=O) groups is 2. The molecule has 96 valence electrons. The Labute approximate surface area is 108 Å². The Balaban J connectivity index is 2.03. The molecule has 1 aromatic carbocycles. The van der Waals surface area contributed by atoms with E-state index in [1.807, 2.05) is 0 Å². The SMILES string of the molecule is O=C(O)C1CSCN1C(=O)Cc1ccc(O)cc1. The van der Waals surface area contributed by atoms with Crippen LogP contribution in [0, 0.1) is 0 Å². The zero-order valence-electron chi connectivity index (χ0n) is 9.57. The maximum absolute atomic E-state index is 12.0. The van der Waals surface area contributed by atoms with E-state index < -0.39 is 12.0 Å². The standard InChI is InChI=1S/C12H13NO4S/c14-9-3-1-8(2-4-9)5-11(15)13-7-18-6-10(13)12(16)17/h1-4,10,14H,5-7H2,(H,16,17). The summed E-state index contributed by atoms with van der Waals surface area (Å²) in [5, 5.41) is 18.1. The molecule has 0 bridgehead atoms. The van der Waals surface area contributed by atoms with Crippen molar-refractivity contribution in [3.05, 3.63) is 29.8 Å². The third-order valence-electron chi connectivity index (χ3n) is 2.78. The molecule has 2 N–H and O–H groups in total. The van der Waals surface area contributed by atoms with Crippen LogP contribution in [0.3, 0.4) is 0 Å². The van der Waals surface area contributed by atoms with Crippen molar-refractivity contribution in [3.63, 3.8) is 0 Å². The molecule has 1 aliphatic rings. The number of nitrogens with zero attached hydrogens (tertiary/aromatic N) is 1. The van der Waals surface area contributed by atoms with Gasteiger partial charge in [0.25, 0.3) is 0 Å². The molecule has 0 aliphatic carbocycles. The van der Waals surface area contributed by atoms with Gasteiger partial charge in [-0.1, -0.05) is 12.1 Å². The first-order chi connectivity index (χ1) is 8.58. The molecular weight excluding hydrogens is 254 g/mol. The lowest BCUT2D eigenvalue weighted by molar-refractivity contribution is -0.147. The van der Waals surface area contributed by atoms with Gasteiger partial charge in [0.2, 0.25) is 5.91 Å². The smallest absolute Gasteiger partial charge is 0.327 e. The predicted octanol–water partition coefficient (Wildman–Crippen LogP) is 0.921. The summed E-state index contributed by atoms with van der Waals surface area (Å²) in [6.07, 6.45) is 0.157. The Hall–Kier alpha value is -1.69. The Kier molecular flexibility index (Phi) is 3.76. The number of aliphatic carboxylic acids is 1. The Morgan fingerprint density at radius 1 is 1.33 bits per heavy atom. The highest BCUT2D eigenvalue weighted by atomic mass is 32.2. The molecule has 1 saturated heterocycles. The monoisotopic (exact) mass is 267 g/mol. The fourth-order valence-corrected chi connectivity index (χ4v) is 2.95. The summed E-state index contributed by atoms with van der Waals surface area (Å²) in [7, 11) is 0. The Morgan fingerprint density at radius 2 is 2.00 bits per heavy atom. The van der Waals surface area contributed by atoms with Gasteiger partial charge in [-0.15, -0.1) is 11.8 Å². The number of aromatic hydroxyl groups is 1. The molecule has 0 radical (unpaired) electrons. The Morgan fingerprint density at radius 3 is 2.61 bits per heavy atom. The zero-order chi connectivity index (χ0) is 13.1. The lowest BCUT2D eigenvalue weighted by Gasteiger charge is -2.20. The number of hydrogen-bond donors (Lipinski definition) is 2. The minimum atomic E-state index is -0.959. The van der Waals surface area contributed by atoms with Crippen LogP contribution in [0.4, 0.5) is 0 Å². The van der Waals surface area contributed by atoms with E-state index in [0.717, 1.165) is 5.56 Å². The lowest BCUT2D eigenvalue weighted by atomic mass is 10.1. The number of carboxylic acids is 1. The predicted molar refractivity (Wildman–Crippen MR) is 67.4 cm³/mol. The van der Waals surface area contributed by atoms with Gasteiger partial charge in [0.1, 0.15) is 11.8 Å². The van der Waals surface area contributed by atoms with Crippen LogP contribution in [0.5, 0.6) is 5.75 Å². The van der Waals surface area contributed by atoms with Crippen molar-refractivity contribution in [3.8, 4) is 5.75 Å². The van der Waals surface area contributed by atoms with Gasteiger partial charge in [0, 0.05) is 5.75 Å². The largest absolute Gasteiger partial charge is 0.508 e. The van der Waals surface area contributed by atoms with E-state index in [0.29, 0.717) is 11.6 Å². The van der Waals surface area contributed by atoms with Crippen molar-refractivity contribution in [1.82, 2.24) is 4.90 Å². The average molecular weight is 267 g/mol. The summed E-state index contributed by atoms with van der Waals surface area (Å²) >= 11 is 1.44. The molecule has 1 amide bonds. The number of rotatable bonds is 3. The van der Waals surface area contributed by atoms with Crippen molar-refractivity contribution < 1.29 is 19.8 Å². The first-order valence-electron chi connectivity index (χ1n) is 5.46. The normalized spacial score (nSPS) is 18.9. The molecule has 1 unspecified atom stereocenters. The molecule has 0 spiro atoms. The molecule has 1 aromatic rings. The van der Waals surface area contributed by atoms with Crippen molar-refractivity contribution in [2.45, 2.75) is 12.5 Å². The highest BCUT2D eigenvalue weighted by molar-refractivity contribution is 7.99. The second kappa shape index (κ2) is 5.30. The van der Waals surface area contributed by atoms with Crippen LogP contribution in [0.25, 0.3) is 0 Å². The van der Waals surface area contributed by atoms with Crippen LogP contribution in [0.15, 0.2) is 24.3 Å². The number of hydrogen-bond acceptors (Lipinski definition) is 4. The highest BCUT2D eigenvalue weighted by Crippen LogP contribution is 2.22. The molecule has 5 nitrogen and oxygen atoms in total. The van der Waals surface area contributed by atoms with E-state index in [1.54, 1.807) is 12.1 Å². The van der Waals surface area contributed by atoms with Crippen molar-refractivity contribution >= 4 is 23.6 Å². The number of phenols is 1. The summed E-state index contributed by atoms with van der Waals surface area (Å²) in [5.74, 6) is -0.145. The minimum Gasteiger partial charge on any atom is -0.508 e. The van der Waals surface area contributed by atoms with Gasteiger partial charge in [-0.3, -0.25) is 4.79 Å². The van der Waals surface area contributed by atoms with Gasteiger partial charge < -0.3 is 15.1 Å². The van der Waals surface area contributed by atoms with Crippen LogP contribution in [0.2, 0.25) is 0 Å². The zero-order valence-corrected chi connectivity index (χ0v) is 10.4. The maximum Gasteiger partial charge on any atom is 0.327 e. The van der Waals surface area contributed by atoms with Crippen molar-refractivity contribution in [2.75, 3.05) is 11.6 Å². The van der Waals surface area contributed by atoms with E-state index in [-0.39, 0.29) is 18.1 Å². The number of carboxylic acid groups (broad SMARTS) is 1. The summed E-state index contributed by atoms with van der Waals surface area (Å²) < 4.78 is 0. The first kappa shape index (κ1) is 12.8. The van der Waals surface area contributed by atoms with Gasteiger partial charge in [-0.2, -0.15) is 0 Å². The molecule has 1 aliphatic heterocycles. The molecule has 2 rings (SSSR count). The van der Waals surface area contributed by atoms with Gasteiger partial charge in [-0.05, 0) is 17.7 Å². The average Bonchev–Trinajstić information content (AvgIpc) is 2.81. The van der Waals surface area contributed by atoms with Crippen LogP contribution >= 0.6 is 11.8 Å². The van der Waals surface area contributed by atoms with E-state index in [9.17, 15) is 9.59 Å². The van der Waals surface area contributed by atoms with Crippen LogP contribution < -0.4 is 0 Å². The summed E-state index contributed by atoms with van der Waals surface area (Å²) in [6, 6.07) is 5.62. The number of thioether (sulfide) groups is 1. The molecular formula is C12H13NO4S. The van der Waals surface area contributed by atoms with Gasteiger partial charge in [0.05, 0.1) is 12.3 Å². The summed E-state index contributed by atoms with van der Waals surface area (Å²) in [4.78, 5) is 24.4. The lowest BCUT2D eigenvalue weighted by Crippen LogP contribution is -2.42. The Bertz CT molecular complexity index is 460.